The van der Waals surface area contributed by atoms with E-state index in [0.717, 1.165) is 0 Å². The molecule has 1 aliphatic heterocycles. The number of carbonyl (C=O) groups is 2. The summed E-state index contributed by atoms with van der Waals surface area (Å²) in [6, 6.07) is 13.9. The summed E-state index contributed by atoms with van der Waals surface area (Å²) in [5, 5.41) is 11.4. The first kappa shape index (κ1) is 19.6. The molecular formula is C22H16ClN3O4. The zero-order chi connectivity index (χ0) is 21.3. The third-order valence-corrected chi connectivity index (χ3v) is 4.98. The normalized spacial score (nSPS) is 17.9. The number of halogens is 1. The second-order valence-corrected chi connectivity index (χ2v) is 6.94. The van der Waals surface area contributed by atoms with Crippen LogP contribution >= 0.6 is 11.6 Å². The Morgan fingerprint density at radius 2 is 1.77 bits per heavy atom. The Morgan fingerprint density at radius 3 is 2.40 bits per heavy atom. The lowest BCUT2D eigenvalue weighted by molar-refractivity contribution is -0.132. The van der Waals surface area contributed by atoms with Crippen LogP contribution in [0.2, 0.25) is 5.02 Å². The van der Waals surface area contributed by atoms with E-state index >= 15 is 0 Å². The van der Waals surface area contributed by atoms with Crippen molar-refractivity contribution in [3.8, 4) is 5.75 Å². The van der Waals surface area contributed by atoms with Crippen molar-refractivity contribution in [2.45, 2.75) is 6.04 Å². The molecule has 2 aromatic carbocycles. The van der Waals surface area contributed by atoms with Gasteiger partial charge in [0.05, 0.1) is 18.7 Å². The Labute approximate surface area is 177 Å². The van der Waals surface area contributed by atoms with Crippen LogP contribution in [0, 0.1) is 0 Å². The van der Waals surface area contributed by atoms with Crippen molar-refractivity contribution in [1.82, 2.24) is 9.97 Å². The zero-order valence-electron chi connectivity index (χ0n) is 15.8. The number of hydrogen-bond donors (Lipinski definition) is 1. The minimum Gasteiger partial charge on any atom is -0.507 e. The van der Waals surface area contributed by atoms with Gasteiger partial charge >= 0.3 is 5.91 Å². The molecule has 1 atom stereocenters. The van der Waals surface area contributed by atoms with Crippen LogP contribution in [-0.4, -0.2) is 33.9 Å². The first-order valence-electron chi connectivity index (χ1n) is 8.99. The van der Waals surface area contributed by atoms with Crippen molar-refractivity contribution in [2.75, 3.05) is 12.0 Å². The van der Waals surface area contributed by atoms with Gasteiger partial charge in [0, 0.05) is 23.0 Å². The Kier molecular flexibility index (Phi) is 5.20. The second kappa shape index (κ2) is 7.96. The molecule has 0 radical (unpaired) electrons. The fourth-order valence-electron chi connectivity index (χ4n) is 3.35. The average Bonchev–Trinajstić information content (AvgIpc) is 3.04. The summed E-state index contributed by atoms with van der Waals surface area (Å²) in [4.78, 5) is 35.3. The van der Waals surface area contributed by atoms with E-state index < -0.39 is 17.7 Å². The number of methoxy groups -OCH3 is 1. The van der Waals surface area contributed by atoms with E-state index in [0.29, 0.717) is 21.9 Å². The summed E-state index contributed by atoms with van der Waals surface area (Å²) in [6.45, 7) is 0. The Bertz CT molecular complexity index is 1150. The molecule has 1 saturated heterocycles. The summed E-state index contributed by atoms with van der Waals surface area (Å²) in [7, 11) is 1.53. The maximum Gasteiger partial charge on any atom is 0.302 e. The number of aliphatic hydroxyl groups excluding tert-OH is 1. The molecule has 1 amide bonds. The number of Topliss-reactive ketones (excluding diaryl/α,β-unsaturated/α-hetero) is 1. The van der Waals surface area contributed by atoms with Crippen molar-refractivity contribution in [3.05, 3.63) is 88.7 Å². The number of aliphatic hydroxyl groups is 1. The molecule has 1 aromatic heterocycles. The zero-order valence-corrected chi connectivity index (χ0v) is 16.6. The third kappa shape index (κ3) is 3.40. The quantitative estimate of drug-likeness (QED) is 0.391. The van der Waals surface area contributed by atoms with Gasteiger partial charge in [0.1, 0.15) is 11.5 Å². The van der Waals surface area contributed by atoms with Gasteiger partial charge in [0.15, 0.2) is 0 Å². The Hall–Kier alpha value is -3.71. The van der Waals surface area contributed by atoms with Crippen LogP contribution < -0.4 is 9.64 Å². The number of aromatic nitrogens is 2. The fourth-order valence-corrected chi connectivity index (χ4v) is 3.55. The molecule has 0 bridgehead atoms. The molecule has 8 heteroatoms. The predicted molar refractivity (Wildman–Crippen MR) is 111 cm³/mol. The van der Waals surface area contributed by atoms with Gasteiger partial charge in [-0.25, -0.2) is 9.97 Å². The Morgan fingerprint density at radius 1 is 1.07 bits per heavy atom. The molecular weight excluding hydrogens is 406 g/mol. The first-order chi connectivity index (χ1) is 14.5. The monoisotopic (exact) mass is 421 g/mol. The molecule has 2 heterocycles. The Balaban J connectivity index is 1.93. The van der Waals surface area contributed by atoms with Gasteiger partial charge in [0.2, 0.25) is 5.95 Å². The van der Waals surface area contributed by atoms with Crippen LogP contribution in [0.15, 0.2) is 72.6 Å². The number of anilines is 1. The molecule has 1 aliphatic rings. The van der Waals surface area contributed by atoms with Gasteiger partial charge in [0.25, 0.3) is 5.78 Å². The van der Waals surface area contributed by atoms with Gasteiger partial charge in [-0.3, -0.25) is 14.5 Å². The maximum absolute atomic E-state index is 13.0. The van der Waals surface area contributed by atoms with Crippen molar-refractivity contribution < 1.29 is 19.4 Å². The summed E-state index contributed by atoms with van der Waals surface area (Å²) in [5.41, 5.74) is 0.846. The highest BCUT2D eigenvalue weighted by atomic mass is 35.5. The van der Waals surface area contributed by atoms with E-state index in [2.05, 4.69) is 9.97 Å². The molecule has 150 valence electrons. The topological polar surface area (TPSA) is 92.6 Å². The third-order valence-electron chi connectivity index (χ3n) is 4.74. The maximum atomic E-state index is 13.0. The summed E-state index contributed by atoms with van der Waals surface area (Å²) >= 11 is 6.16. The van der Waals surface area contributed by atoms with Gasteiger partial charge in [-0.05, 0) is 48.0 Å². The second-order valence-electron chi connectivity index (χ2n) is 6.50. The molecule has 7 nitrogen and oxygen atoms in total. The van der Waals surface area contributed by atoms with E-state index in [1.54, 1.807) is 54.6 Å². The van der Waals surface area contributed by atoms with Crippen molar-refractivity contribution in [2.24, 2.45) is 0 Å². The number of benzene rings is 2. The van der Waals surface area contributed by atoms with E-state index in [-0.39, 0.29) is 17.3 Å². The number of rotatable bonds is 4. The highest BCUT2D eigenvalue weighted by Crippen LogP contribution is 2.41. The number of amides is 1. The standard InChI is InChI=1S/C22H16ClN3O4/c1-30-16-8-6-13(7-9-16)19(27)17-18(14-4-2-5-15(23)12-14)26(21(29)20(17)28)22-24-10-3-11-25-22/h2-12,18,27H,1H3/b19-17-. The molecule has 1 fully saturated rings. The van der Waals surface area contributed by atoms with Gasteiger partial charge in [-0.1, -0.05) is 23.7 Å². The minimum atomic E-state index is -0.937. The lowest BCUT2D eigenvalue weighted by Crippen LogP contribution is -2.31. The first-order valence-corrected chi connectivity index (χ1v) is 9.37. The highest BCUT2D eigenvalue weighted by Gasteiger charge is 2.48. The summed E-state index contributed by atoms with van der Waals surface area (Å²) in [6.07, 6.45) is 2.94. The number of carbonyl (C=O) groups excluding carboxylic acids is 2. The van der Waals surface area contributed by atoms with Gasteiger partial charge < -0.3 is 9.84 Å². The SMILES string of the molecule is COc1ccc(/C(O)=C2/C(=O)C(=O)N(c3ncccn3)C2c2cccc(Cl)c2)cc1. The van der Waals surface area contributed by atoms with E-state index in [4.69, 9.17) is 16.3 Å². The molecule has 0 spiro atoms. The van der Waals surface area contributed by atoms with Crippen LogP contribution in [0.5, 0.6) is 5.75 Å². The van der Waals surface area contributed by atoms with Crippen LogP contribution in [-0.2, 0) is 9.59 Å². The average molecular weight is 422 g/mol. The van der Waals surface area contributed by atoms with Crippen LogP contribution in [0.4, 0.5) is 5.95 Å². The number of hydrogen-bond acceptors (Lipinski definition) is 6. The van der Waals surface area contributed by atoms with E-state index in [1.807, 2.05) is 0 Å². The lowest BCUT2D eigenvalue weighted by atomic mass is 9.95. The fraction of sp³-hybridized carbons (Fsp3) is 0.0909. The predicted octanol–water partition coefficient (Wildman–Crippen LogP) is 3.76. The van der Waals surface area contributed by atoms with Crippen molar-refractivity contribution in [1.29, 1.82) is 0 Å². The number of nitrogens with zero attached hydrogens (tertiary/aromatic N) is 3. The van der Waals surface area contributed by atoms with Gasteiger partial charge in [-0.2, -0.15) is 0 Å². The van der Waals surface area contributed by atoms with Gasteiger partial charge in [-0.15, -0.1) is 0 Å². The largest absolute Gasteiger partial charge is 0.507 e. The number of ether oxygens (including phenoxy) is 1. The molecule has 1 N–H and O–H groups in total. The highest BCUT2D eigenvalue weighted by molar-refractivity contribution is 6.51. The molecule has 1 unspecified atom stereocenters. The molecule has 4 rings (SSSR count). The van der Waals surface area contributed by atoms with Crippen LogP contribution in [0.3, 0.4) is 0 Å². The smallest absolute Gasteiger partial charge is 0.302 e. The molecule has 30 heavy (non-hydrogen) atoms. The van der Waals surface area contributed by atoms with Crippen LogP contribution in [0.1, 0.15) is 17.2 Å². The minimum absolute atomic E-state index is 0.0540. The van der Waals surface area contributed by atoms with Crippen molar-refractivity contribution in [3.63, 3.8) is 0 Å². The molecule has 3 aromatic rings. The van der Waals surface area contributed by atoms with Crippen LogP contribution in [0.25, 0.3) is 5.76 Å². The summed E-state index contributed by atoms with van der Waals surface area (Å²) < 4.78 is 5.13. The van der Waals surface area contributed by atoms with E-state index in [9.17, 15) is 14.7 Å². The number of ketones is 1. The molecule has 0 aliphatic carbocycles. The lowest BCUT2D eigenvalue weighted by Gasteiger charge is -2.23. The van der Waals surface area contributed by atoms with Crippen molar-refractivity contribution >= 4 is 35.0 Å². The molecule has 0 saturated carbocycles. The van der Waals surface area contributed by atoms with E-state index in [1.165, 1.54) is 24.4 Å². The summed E-state index contributed by atoms with van der Waals surface area (Å²) in [5.74, 6) is -1.32.